The summed E-state index contributed by atoms with van der Waals surface area (Å²) < 4.78 is 17.0. The molecule has 0 fully saturated rings. The van der Waals surface area contributed by atoms with E-state index in [2.05, 4.69) is 26.5 Å². The molecular formula is C19H21BrN2O4. The standard InChI is InChI=1S/C19H21BrN2O4/c1-4-25-15-8-6-14(7-9-15)19(23)22-21-12-13-10-16(20)18(24-3)17(11-13)26-5-2/h6-12H,4-5H2,1-3H3,(H,22,23)/b21-12-. The number of rotatable bonds is 8. The van der Waals surface area contributed by atoms with Crippen LogP contribution in [0.15, 0.2) is 46.0 Å². The Morgan fingerprint density at radius 3 is 2.46 bits per heavy atom. The van der Waals surface area contributed by atoms with Gasteiger partial charge in [-0.15, -0.1) is 0 Å². The molecule has 0 heterocycles. The lowest BCUT2D eigenvalue weighted by Crippen LogP contribution is -2.17. The first-order chi connectivity index (χ1) is 12.6. The van der Waals surface area contributed by atoms with Gasteiger partial charge in [0.2, 0.25) is 0 Å². The number of halogens is 1. The number of nitrogens with one attached hydrogen (secondary N) is 1. The smallest absolute Gasteiger partial charge is 0.271 e. The highest BCUT2D eigenvalue weighted by Crippen LogP contribution is 2.36. The number of hydrogen-bond donors (Lipinski definition) is 1. The van der Waals surface area contributed by atoms with Gasteiger partial charge in [-0.1, -0.05) is 0 Å². The molecule has 0 spiro atoms. The summed E-state index contributed by atoms with van der Waals surface area (Å²) >= 11 is 3.44. The molecule has 26 heavy (non-hydrogen) atoms. The lowest BCUT2D eigenvalue weighted by molar-refractivity contribution is 0.0955. The van der Waals surface area contributed by atoms with E-state index in [1.165, 1.54) is 0 Å². The van der Waals surface area contributed by atoms with Crippen molar-refractivity contribution in [3.05, 3.63) is 52.0 Å². The van der Waals surface area contributed by atoms with Crippen molar-refractivity contribution in [1.29, 1.82) is 0 Å². The Bertz CT molecular complexity index is 776. The van der Waals surface area contributed by atoms with E-state index in [-0.39, 0.29) is 5.91 Å². The number of amides is 1. The maximum atomic E-state index is 12.1. The van der Waals surface area contributed by atoms with E-state index in [0.29, 0.717) is 30.3 Å². The van der Waals surface area contributed by atoms with E-state index in [1.54, 1.807) is 43.7 Å². The third-order valence-corrected chi connectivity index (χ3v) is 3.93. The number of hydrogen-bond acceptors (Lipinski definition) is 5. The first-order valence-corrected chi connectivity index (χ1v) is 8.94. The van der Waals surface area contributed by atoms with Crippen LogP contribution in [0.5, 0.6) is 17.2 Å². The Balaban J connectivity index is 2.06. The van der Waals surface area contributed by atoms with E-state index < -0.39 is 0 Å². The molecule has 0 saturated heterocycles. The van der Waals surface area contributed by atoms with Crippen molar-refractivity contribution in [2.75, 3.05) is 20.3 Å². The highest BCUT2D eigenvalue weighted by atomic mass is 79.9. The van der Waals surface area contributed by atoms with Gasteiger partial charge in [-0.3, -0.25) is 4.79 Å². The van der Waals surface area contributed by atoms with Gasteiger partial charge >= 0.3 is 0 Å². The molecule has 138 valence electrons. The highest BCUT2D eigenvalue weighted by molar-refractivity contribution is 9.10. The fourth-order valence-electron chi connectivity index (χ4n) is 2.22. The average Bonchev–Trinajstić information content (AvgIpc) is 2.63. The summed E-state index contributed by atoms with van der Waals surface area (Å²) in [6.45, 7) is 4.89. The van der Waals surface area contributed by atoms with Crippen molar-refractivity contribution < 1.29 is 19.0 Å². The summed E-state index contributed by atoms with van der Waals surface area (Å²) in [6.07, 6.45) is 1.54. The van der Waals surface area contributed by atoms with Gasteiger partial charge in [0.15, 0.2) is 11.5 Å². The van der Waals surface area contributed by atoms with Gasteiger partial charge in [0, 0.05) is 5.56 Å². The second-order valence-corrected chi connectivity index (χ2v) is 5.98. The normalized spacial score (nSPS) is 10.6. The molecule has 0 bridgehead atoms. The van der Waals surface area contributed by atoms with Crippen LogP contribution in [0.2, 0.25) is 0 Å². The van der Waals surface area contributed by atoms with Crippen LogP contribution < -0.4 is 19.6 Å². The van der Waals surface area contributed by atoms with Gasteiger partial charge in [0.1, 0.15) is 5.75 Å². The maximum absolute atomic E-state index is 12.1. The highest BCUT2D eigenvalue weighted by Gasteiger charge is 2.10. The molecule has 0 aliphatic heterocycles. The number of carbonyl (C=O) groups excluding carboxylic acids is 1. The second kappa shape index (κ2) is 9.82. The largest absolute Gasteiger partial charge is 0.494 e. The lowest BCUT2D eigenvalue weighted by Gasteiger charge is -2.11. The molecule has 0 aliphatic rings. The van der Waals surface area contributed by atoms with Crippen molar-refractivity contribution >= 4 is 28.1 Å². The van der Waals surface area contributed by atoms with Crippen molar-refractivity contribution in [2.24, 2.45) is 5.10 Å². The molecular weight excluding hydrogens is 400 g/mol. The van der Waals surface area contributed by atoms with E-state index in [0.717, 1.165) is 15.8 Å². The molecule has 2 rings (SSSR count). The summed E-state index contributed by atoms with van der Waals surface area (Å²) in [5.41, 5.74) is 3.76. The van der Waals surface area contributed by atoms with Gasteiger partial charge in [0.25, 0.3) is 5.91 Å². The fourth-order valence-corrected chi connectivity index (χ4v) is 2.84. The van der Waals surface area contributed by atoms with Crippen LogP contribution in [0.1, 0.15) is 29.8 Å². The van der Waals surface area contributed by atoms with Crippen molar-refractivity contribution in [2.45, 2.75) is 13.8 Å². The predicted molar refractivity (Wildman–Crippen MR) is 105 cm³/mol. The molecule has 2 aromatic carbocycles. The molecule has 1 amide bonds. The zero-order valence-corrected chi connectivity index (χ0v) is 16.5. The van der Waals surface area contributed by atoms with Crippen LogP contribution in [0, 0.1) is 0 Å². The molecule has 0 unspecified atom stereocenters. The van der Waals surface area contributed by atoms with E-state index >= 15 is 0 Å². The average molecular weight is 421 g/mol. The SMILES string of the molecule is CCOc1ccc(C(=O)N/N=C\c2cc(Br)c(OC)c(OCC)c2)cc1. The molecule has 2 aromatic rings. The first kappa shape index (κ1) is 19.8. The monoisotopic (exact) mass is 420 g/mol. The van der Waals surface area contributed by atoms with Gasteiger partial charge in [-0.05, 0) is 71.7 Å². The first-order valence-electron chi connectivity index (χ1n) is 8.15. The van der Waals surface area contributed by atoms with E-state index in [9.17, 15) is 4.79 Å². The Morgan fingerprint density at radius 2 is 1.85 bits per heavy atom. The third-order valence-electron chi connectivity index (χ3n) is 3.34. The zero-order chi connectivity index (χ0) is 18.9. The molecule has 0 aromatic heterocycles. The van der Waals surface area contributed by atoms with Crippen LogP contribution >= 0.6 is 15.9 Å². The quantitative estimate of drug-likeness (QED) is 0.517. The molecule has 7 heteroatoms. The summed E-state index contributed by atoms with van der Waals surface area (Å²) in [5.74, 6) is 1.63. The van der Waals surface area contributed by atoms with Gasteiger partial charge in [-0.2, -0.15) is 5.10 Å². The Hall–Kier alpha value is -2.54. The summed E-state index contributed by atoms with van der Waals surface area (Å²) in [4.78, 5) is 12.1. The number of ether oxygens (including phenoxy) is 3. The van der Waals surface area contributed by atoms with Crippen molar-refractivity contribution in [3.63, 3.8) is 0 Å². The van der Waals surface area contributed by atoms with Crippen LogP contribution in [-0.4, -0.2) is 32.4 Å². The Morgan fingerprint density at radius 1 is 1.15 bits per heavy atom. The van der Waals surface area contributed by atoms with Crippen LogP contribution in [-0.2, 0) is 0 Å². The Labute approximate surface area is 161 Å². The summed E-state index contributed by atoms with van der Waals surface area (Å²) in [7, 11) is 1.58. The minimum atomic E-state index is -0.304. The predicted octanol–water partition coefficient (Wildman–Crippen LogP) is 4.02. The van der Waals surface area contributed by atoms with Crippen molar-refractivity contribution in [3.8, 4) is 17.2 Å². The fraction of sp³-hybridized carbons (Fsp3) is 0.263. The molecule has 0 saturated carbocycles. The minimum Gasteiger partial charge on any atom is -0.494 e. The van der Waals surface area contributed by atoms with Gasteiger partial charge < -0.3 is 14.2 Å². The second-order valence-electron chi connectivity index (χ2n) is 5.12. The van der Waals surface area contributed by atoms with Crippen LogP contribution in [0.4, 0.5) is 0 Å². The number of methoxy groups -OCH3 is 1. The van der Waals surface area contributed by atoms with Gasteiger partial charge in [-0.25, -0.2) is 5.43 Å². The van der Waals surface area contributed by atoms with E-state index in [1.807, 2.05) is 19.9 Å². The molecule has 6 nitrogen and oxygen atoms in total. The lowest BCUT2D eigenvalue weighted by atomic mass is 10.2. The number of hydrazone groups is 1. The molecule has 1 N–H and O–H groups in total. The molecule has 0 aliphatic carbocycles. The number of nitrogens with zero attached hydrogens (tertiary/aromatic N) is 1. The van der Waals surface area contributed by atoms with Crippen LogP contribution in [0.3, 0.4) is 0 Å². The van der Waals surface area contributed by atoms with Crippen molar-refractivity contribution in [1.82, 2.24) is 5.43 Å². The maximum Gasteiger partial charge on any atom is 0.271 e. The molecule has 0 radical (unpaired) electrons. The summed E-state index contributed by atoms with van der Waals surface area (Å²) in [6, 6.07) is 10.5. The third kappa shape index (κ3) is 5.23. The number of carbonyl (C=O) groups is 1. The van der Waals surface area contributed by atoms with Gasteiger partial charge in [0.05, 0.1) is 31.0 Å². The van der Waals surface area contributed by atoms with Crippen LogP contribution in [0.25, 0.3) is 0 Å². The minimum absolute atomic E-state index is 0.304. The zero-order valence-electron chi connectivity index (χ0n) is 14.9. The Kier molecular flexibility index (Phi) is 7.47. The molecule has 0 atom stereocenters. The number of benzene rings is 2. The summed E-state index contributed by atoms with van der Waals surface area (Å²) in [5, 5.41) is 4.00. The topological polar surface area (TPSA) is 69.2 Å². The van der Waals surface area contributed by atoms with E-state index in [4.69, 9.17) is 14.2 Å².